The van der Waals surface area contributed by atoms with Crippen molar-refractivity contribution in [3.63, 3.8) is 0 Å². The number of carbonyl (C=O) groups is 1. The maximum atomic E-state index is 13.0. The molecule has 5 nitrogen and oxygen atoms in total. The highest BCUT2D eigenvalue weighted by Crippen LogP contribution is 2.39. The number of rotatable bonds is 3. The Balaban J connectivity index is 1.67. The smallest absolute Gasteiger partial charge is 0.370 e. The molecule has 0 bridgehead atoms. The molecule has 1 aliphatic heterocycles. The molecule has 0 fully saturated rings. The first-order valence-electron chi connectivity index (χ1n) is 9.03. The number of nitrogens with two attached hydrogens (primary N) is 1. The second kappa shape index (κ2) is 7.29. The molecule has 0 radical (unpaired) electrons. The van der Waals surface area contributed by atoms with Gasteiger partial charge in [-0.05, 0) is 37.9 Å². The van der Waals surface area contributed by atoms with Gasteiger partial charge in [0.15, 0.2) is 0 Å². The van der Waals surface area contributed by atoms with E-state index < -0.39 is 17.6 Å². The summed E-state index contributed by atoms with van der Waals surface area (Å²) in [7, 11) is 1.86. The standard InChI is InChI=1S/C21H18F3N4OP/c1-28-10-15(14-7-6-13(8-17(14)28)21(22,23)24)11-2-4-12(5-3-11)20-27-16(19(26)29)9-18(25)30-20/h2-10,20,25,27,30H,1H3,(H2,26,29). The average molecular weight is 430 g/mol. The minimum absolute atomic E-state index is 0.145. The van der Waals surface area contributed by atoms with Gasteiger partial charge in [0.25, 0.3) is 5.91 Å². The quantitative estimate of drug-likeness (QED) is 0.535. The second-order valence-corrected chi connectivity index (χ2v) is 8.47. The number of carbonyl (C=O) groups excluding carboxylic acids is 1. The first kappa shape index (κ1) is 20.2. The maximum Gasteiger partial charge on any atom is 0.416 e. The van der Waals surface area contributed by atoms with Crippen LogP contribution in [-0.2, 0) is 18.0 Å². The molecule has 30 heavy (non-hydrogen) atoms. The lowest BCUT2D eigenvalue weighted by Crippen LogP contribution is -2.31. The summed E-state index contributed by atoms with van der Waals surface area (Å²) in [4.78, 5) is 11.5. The van der Waals surface area contributed by atoms with Gasteiger partial charge in [0.05, 0.1) is 16.8 Å². The third-order valence-electron chi connectivity index (χ3n) is 5.03. The summed E-state index contributed by atoms with van der Waals surface area (Å²) < 4.78 is 40.8. The van der Waals surface area contributed by atoms with Crippen molar-refractivity contribution in [3.8, 4) is 11.1 Å². The number of primary amides is 1. The van der Waals surface area contributed by atoms with Crippen molar-refractivity contribution in [2.24, 2.45) is 12.8 Å². The second-order valence-electron chi connectivity index (χ2n) is 7.06. The van der Waals surface area contributed by atoms with Crippen molar-refractivity contribution < 1.29 is 18.0 Å². The molecule has 1 aliphatic rings. The lowest BCUT2D eigenvalue weighted by atomic mass is 10.0. The van der Waals surface area contributed by atoms with E-state index in [-0.39, 0.29) is 20.1 Å². The van der Waals surface area contributed by atoms with Gasteiger partial charge in [-0.25, -0.2) is 0 Å². The van der Waals surface area contributed by atoms with Crippen LogP contribution < -0.4 is 11.1 Å². The molecule has 4 rings (SSSR count). The fourth-order valence-electron chi connectivity index (χ4n) is 3.53. The number of hydrogen-bond donors (Lipinski definition) is 3. The van der Waals surface area contributed by atoms with Crippen molar-refractivity contribution in [2.45, 2.75) is 12.0 Å². The molecule has 3 aromatic rings. The number of nitrogens with zero attached hydrogens (tertiary/aromatic N) is 1. The number of alkyl halides is 3. The van der Waals surface area contributed by atoms with Crippen LogP contribution in [0.5, 0.6) is 0 Å². The predicted octanol–water partition coefficient (Wildman–Crippen LogP) is 4.49. The van der Waals surface area contributed by atoms with Crippen LogP contribution in [0, 0.1) is 5.41 Å². The number of nitrogens with one attached hydrogen (secondary N) is 2. The zero-order chi connectivity index (χ0) is 21.6. The van der Waals surface area contributed by atoms with E-state index in [2.05, 4.69) is 5.32 Å². The summed E-state index contributed by atoms with van der Waals surface area (Å²) in [5.41, 5.74) is 8.29. The van der Waals surface area contributed by atoms with E-state index in [1.54, 1.807) is 11.6 Å². The van der Waals surface area contributed by atoms with Crippen molar-refractivity contribution in [1.29, 1.82) is 5.41 Å². The molecular formula is C21H18F3N4OP. The number of aromatic nitrogens is 1. The van der Waals surface area contributed by atoms with Gasteiger partial charge in [0.1, 0.15) is 5.70 Å². The number of allylic oxidation sites excluding steroid dienone is 1. The minimum Gasteiger partial charge on any atom is -0.370 e. The molecule has 1 aromatic heterocycles. The molecule has 2 aromatic carbocycles. The lowest BCUT2D eigenvalue weighted by Gasteiger charge is -2.25. The van der Waals surface area contributed by atoms with Gasteiger partial charge in [-0.2, -0.15) is 13.2 Å². The van der Waals surface area contributed by atoms with E-state index in [1.165, 1.54) is 12.1 Å². The Morgan fingerprint density at radius 3 is 2.53 bits per heavy atom. The summed E-state index contributed by atoms with van der Waals surface area (Å²) in [5.74, 6) is -0.833. The molecule has 9 heteroatoms. The van der Waals surface area contributed by atoms with E-state index in [4.69, 9.17) is 11.1 Å². The van der Waals surface area contributed by atoms with Crippen molar-refractivity contribution in [3.05, 3.63) is 71.6 Å². The topological polar surface area (TPSA) is 83.9 Å². The Labute approximate surface area is 172 Å². The molecule has 1 amide bonds. The van der Waals surface area contributed by atoms with Gasteiger partial charge < -0.3 is 21.0 Å². The van der Waals surface area contributed by atoms with Gasteiger partial charge in [0, 0.05) is 29.7 Å². The molecule has 2 heterocycles. The number of halogens is 3. The predicted molar refractivity (Wildman–Crippen MR) is 113 cm³/mol. The Hall–Kier alpha value is -3.12. The summed E-state index contributed by atoms with van der Waals surface area (Å²) >= 11 is 0. The molecular weight excluding hydrogens is 412 g/mol. The normalized spacial score (nSPS) is 17.8. The summed E-state index contributed by atoms with van der Waals surface area (Å²) in [6, 6.07) is 11.3. The fourth-order valence-corrected chi connectivity index (χ4v) is 4.65. The van der Waals surface area contributed by atoms with E-state index in [0.717, 1.165) is 34.2 Å². The van der Waals surface area contributed by atoms with Crippen LogP contribution in [0.25, 0.3) is 22.0 Å². The zero-order valence-corrected chi connectivity index (χ0v) is 16.8. The maximum absolute atomic E-state index is 13.0. The van der Waals surface area contributed by atoms with E-state index in [1.807, 2.05) is 30.5 Å². The molecule has 0 saturated heterocycles. The van der Waals surface area contributed by atoms with Crippen LogP contribution in [0.3, 0.4) is 0 Å². The van der Waals surface area contributed by atoms with Gasteiger partial charge in [-0.15, -0.1) is 0 Å². The van der Waals surface area contributed by atoms with Gasteiger partial charge in [0.2, 0.25) is 0 Å². The van der Waals surface area contributed by atoms with Crippen LogP contribution >= 0.6 is 8.58 Å². The Morgan fingerprint density at radius 2 is 1.90 bits per heavy atom. The molecule has 2 unspecified atom stereocenters. The molecule has 0 aliphatic carbocycles. The van der Waals surface area contributed by atoms with Crippen LogP contribution in [0.1, 0.15) is 16.9 Å². The van der Waals surface area contributed by atoms with Gasteiger partial charge in [-0.1, -0.05) is 30.3 Å². The van der Waals surface area contributed by atoms with Crippen molar-refractivity contribution in [2.75, 3.05) is 0 Å². The van der Waals surface area contributed by atoms with Crippen LogP contribution in [-0.4, -0.2) is 15.9 Å². The number of aryl methyl sites for hydroxylation is 1. The van der Waals surface area contributed by atoms with Crippen LogP contribution in [0.4, 0.5) is 13.2 Å². The lowest BCUT2D eigenvalue weighted by molar-refractivity contribution is -0.137. The number of fused-ring (bicyclic) bond motifs is 1. The summed E-state index contributed by atoms with van der Waals surface area (Å²) in [6.45, 7) is 0. The first-order valence-corrected chi connectivity index (χ1v) is 10.1. The Bertz CT molecular complexity index is 1200. The third kappa shape index (κ3) is 3.71. The van der Waals surface area contributed by atoms with Gasteiger partial charge >= 0.3 is 6.18 Å². The fraction of sp³-hybridized carbons (Fsp3) is 0.143. The highest BCUT2D eigenvalue weighted by Gasteiger charge is 2.31. The monoisotopic (exact) mass is 430 g/mol. The van der Waals surface area contributed by atoms with Gasteiger partial charge in [-0.3, -0.25) is 4.79 Å². The number of hydrogen-bond acceptors (Lipinski definition) is 3. The average Bonchev–Trinajstić information content (AvgIpc) is 3.03. The largest absolute Gasteiger partial charge is 0.416 e. The SMILES string of the molecule is Cn1cc(-c2ccc(C3NC(C(N)=O)=CC(=N)P3)cc2)c2ccc(C(F)(F)F)cc21. The zero-order valence-electron chi connectivity index (χ0n) is 15.8. The summed E-state index contributed by atoms with van der Waals surface area (Å²) in [6.07, 6.45) is -1.14. The highest BCUT2D eigenvalue weighted by molar-refractivity contribution is 7.59. The molecule has 154 valence electrons. The van der Waals surface area contributed by atoms with Crippen molar-refractivity contribution >= 4 is 30.8 Å². The van der Waals surface area contributed by atoms with Crippen molar-refractivity contribution in [1.82, 2.24) is 9.88 Å². The number of benzene rings is 2. The van der Waals surface area contributed by atoms with E-state index in [9.17, 15) is 18.0 Å². The minimum atomic E-state index is -4.39. The molecule has 2 atom stereocenters. The molecule has 0 spiro atoms. The highest BCUT2D eigenvalue weighted by atomic mass is 31.1. The first-order chi connectivity index (χ1) is 14.1. The Morgan fingerprint density at radius 1 is 1.20 bits per heavy atom. The van der Waals surface area contributed by atoms with Crippen LogP contribution in [0.15, 0.2) is 60.4 Å². The number of amides is 1. The third-order valence-corrected chi connectivity index (χ3v) is 6.25. The van der Waals surface area contributed by atoms with Crippen LogP contribution in [0.2, 0.25) is 0 Å². The molecule has 0 saturated carbocycles. The molecule has 4 N–H and O–H groups in total. The van der Waals surface area contributed by atoms with E-state index in [0.29, 0.717) is 11.0 Å². The Kier molecular flexibility index (Phi) is 4.90. The summed E-state index contributed by atoms with van der Waals surface area (Å²) in [5, 5.41) is 11.7. The van der Waals surface area contributed by atoms with E-state index >= 15 is 0 Å².